The molecular formula is C15H17N3O3S. The lowest BCUT2D eigenvalue weighted by Gasteiger charge is -2.32. The summed E-state index contributed by atoms with van der Waals surface area (Å²) in [5, 5.41) is 1.96. The van der Waals surface area contributed by atoms with Gasteiger partial charge >= 0.3 is 0 Å². The molecule has 0 spiro atoms. The highest BCUT2D eigenvalue weighted by Gasteiger charge is 2.27. The van der Waals surface area contributed by atoms with E-state index in [0.717, 1.165) is 4.88 Å². The highest BCUT2D eigenvalue weighted by Crippen LogP contribution is 2.20. The molecule has 0 unspecified atom stereocenters. The minimum Gasteiger partial charge on any atom is -0.367 e. The van der Waals surface area contributed by atoms with Gasteiger partial charge in [-0.2, -0.15) is 0 Å². The van der Waals surface area contributed by atoms with Crippen molar-refractivity contribution in [1.82, 2.24) is 14.9 Å². The Morgan fingerprint density at radius 1 is 1.59 bits per heavy atom. The summed E-state index contributed by atoms with van der Waals surface area (Å²) in [6.45, 7) is 3.19. The van der Waals surface area contributed by atoms with Crippen molar-refractivity contribution in [3.05, 3.63) is 50.3 Å². The number of aromatic nitrogens is 2. The molecular weight excluding hydrogens is 302 g/mol. The third-order valence-electron chi connectivity index (χ3n) is 3.52. The SMILES string of the molecule is Cc1cc(=O)[nH]c([C@@H]2CN(C(=O)Cc3cccs3)CCO2)n1. The van der Waals surface area contributed by atoms with Crippen molar-refractivity contribution >= 4 is 17.2 Å². The van der Waals surface area contributed by atoms with Crippen LogP contribution in [0.4, 0.5) is 0 Å². The Morgan fingerprint density at radius 2 is 2.45 bits per heavy atom. The molecule has 6 nitrogen and oxygen atoms in total. The van der Waals surface area contributed by atoms with Crippen LogP contribution in [-0.4, -0.2) is 40.5 Å². The van der Waals surface area contributed by atoms with E-state index < -0.39 is 0 Å². The molecule has 1 aliphatic rings. The molecule has 3 rings (SSSR count). The number of rotatable bonds is 3. The molecule has 2 aromatic rings. The second-order valence-electron chi connectivity index (χ2n) is 5.23. The van der Waals surface area contributed by atoms with Gasteiger partial charge < -0.3 is 14.6 Å². The number of morpholine rings is 1. The lowest BCUT2D eigenvalue weighted by Crippen LogP contribution is -2.43. The van der Waals surface area contributed by atoms with E-state index in [4.69, 9.17) is 4.74 Å². The number of hydrogen-bond donors (Lipinski definition) is 1. The van der Waals surface area contributed by atoms with Crippen LogP contribution < -0.4 is 5.56 Å². The zero-order valence-corrected chi connectivity index (χ0v) is 13.1. The summed E-state index contributed by atoms with van der Waals surface area (Å²) in [7, 11) is 0. The second kappa shape index (κ2) is 6.41. The van der Waals surface area contributed by atoms with Crippen molar-refractivity contribution < 1.29 is 9.53 Å². The zero-order chi connectivity index (χ0) is 15.5. The van der Waals surface area contributed by atoms with Crippen molar-refractivity contribution in [2.75, 3.05) is 19.7 Å². The van der Waals surface area contributed by atoms with Gasteiger partial charge in [0.25, 0.3) is 5.56 Å². The van der Waals surface area contributed by atoms with E-state index in [1.807, 2.05) is 17.5 Å². The molecule has 1 fully saturated rings. The van der Waals surface area contributed by atoms with Crippen LogP contribution >= 0.6 is 11.3 Å². The van der Waals surface area contributed by atoms with Gasteiger partial charge in [-0.3, -0.25) is 9.59 Å². The van der Waals surface area contributed by atoms with Crippen molar-refractivity contribution in [3.63, 3.8) is 0 Å². The molecule has 1 amide bonds. The van der Waals surface area contributed by atoms with Crippen molar-refractivity contribution in [3.8, 4) is 0 Å². The molecule has 1 aliphatic heterocycles. The number of aromatic amines is 1. The van der Waals surface area contributed by atoms with Crippen LogP contribution in [0.25, 0.3) is 0 Å². The highest BCUT2D eigenvalue weighted by molar-refractivity contribution is 7.10. The molecule has 0 saturated carbocycles. The van der Waals surface area contributed by atoms with Crippen LogP contribution in [0.2, 0.25) is 0 Å². The number of ether oxygens (including phenoxy) is 1. The number of aryl methyl sites for hydroxylation is 1. The quantitative estimate of drug-likeness (QED) is 0.925. The normalized spacial score (nSPS) is 18.4. The van der Waals surface area contributed by atoms with E-state index in [1.54, 1.807) is 23.2 Å². The maximum absolute atomic E-state index is 12.4. The van der Waals surface area contributed by atoms with Crippen LogP contribution in [0.3, 0.4) is 0 Å². The third-order valence-corrected chi connectivity index (χ3v) is 4.39. The molecule has 1 saturated heterocycles. The second-order valence-corrected chi connectivity index (χ2v) is 6.26. The fourth-order valence-electron chi connectivity index (χ4n) is 2.47. The molecule has 22 heavy (non-hydrogen) atoms. The summed E-state index contributed by atoms with van der Waals surface area (Å²) < 4.78 is 5.67. The van der Waals surface area contributed by atoms with Crippen LogP contribution in [0, 0.1) is 6.92 Å². The van der Waals surface area contributed by atoms with Gasteiger partial charge in [0.2, 0.25) is 5.91 Å². The molecule has 2 aromatic heterocycles. The molecule has 1 atom stereocenters. The standard InChI is InChI=1S/C15H17N3O3S/c1-10-7-13(19)17-15(16-10)12-9-18(4-5-21-12)14(20)8-11-3-2-6-22-11/h2-3,6-7,12H,4-5,8-9H2,1H3,(H,16,17,19)/t12-/m0/s1. The number of nitrogens with one attached hydrogen (secondary N) is 1. The highest BCUT2D eigenvalue weighted by atomic mass is 32.1. The number of thiophene rings is 1. The minimum absolute atomic E-state index is 0.0748. The summed E-state index contributed by atoms with van der Waals surface area (Å²) >= 11 is 1.58. The minimum atomic E-state index is -0.381. The first-order valence-corrected chi connectivity index (χ1v) is 7.99. The van der Waals surface area contributed by atoms with E-state index in [9.17, 15) is 9.59 Å². The van der Waals surface area contributed by atoms with E-state index in [-0.39, 0.29) is 17.6 Å². The Labute approximate surface area is 131 Å². The number of nitrogens with zero attached hydrogens (tertiary/aromatic N) is 2. The van der Waals surface area contributed by atoms with E-state index in [0.29, 0.717) is 37.6 Å². The summed E-state index contributed by atoms with van der Waals surface area (Å²) in [6.07, 6.45) is 0.0240. The van der Waals surface area contributed by atoms with E-state index in [2.05, 4.69) is 9.97 Å². The van der Waals surface area contributed by atoms with Gasteiger partial charge in [0.15, 0.2) is 0 Å². The first-order valence-electron chi connectivity index (χ1n) is 7.11. The van der Waals surface area contributed by atoms with Gasteiger partial charge in [-0.1, -0.05) is 6.07 Å². The number of carbonyl (C=O) groups excluding carboxylic acids is 1. The van der Waals surface area contributed by atoms with Crippen molar-refractivity contribution in [1.29, 1.82) is 0 Å². The summed E-state index contributed by atoms with van der Waals surface area (Å²) in [6, 6.07) is 5.34. The fourth-order valence-corrected chi connectivity index (χ4v) is 3.17. The van der Waals surface area contributed by atoms with Gasteiger partial charge in [0.05, 0.1) is 19.6 Å². The average Bonchev–Trinajstić information content (AvgIpc) is 2.99. The molecule has 0 radical (unpaired) electrons. The predicted molar refractivity (Wildman–Crippen MR) is 82.9 cm³/mol. The number of H-pyrrole nitrogens is 1. The Morgan fingerprint density at radius 3 is 3.18 bits per heavy atom. The summed E-state index contributed by atoms with van der Waals surface area (Å²) in [5.74, 6) is 0.560. The van der Waals surface area contributed by atoms with Gasteiger partial charge in [0.1, 0.15) is 11.9 Å². The Hall–Kier alpha value is -1.99. The van der Waals surface area contributed by atoms with E-state index in [1.165, 1.54) is 6.07 Å². The summed E-state index contributed by atoms with van der Waals surface area (Å²) in [4.78, 5) is 33.7. The predicted octanol–water partition coefficient (Wildman–Crippen LogP) is 1.28. The molecule has 0 bridgehead atoms. The molecule has 1 N–H and O–H groups in total. The molecule has 0 aliphatic carbocycles. The van der Waals surface area contributed by atoms with Crippen LogP contribution in [0.1, 0.15) is 22.5 Å². The van der Waals surface area contributed by atoms with Crippen molar-refractivity contribution in [2.45, 2.75) is 19.4 Å². The molecule has 116 valence electrons. The van der Waals surface area contributed by atoms with Gasteiger partial charge in [-0.15, -0.1) is 11.3 Å². The Kier molecular flexibility index (Phi) is 4.35. The maximum Gasteiger partial charge on any atom is 0.251 e. The first kappa shape index (κ1) is 14.9. The Balaban J connectivity index is 1.71. The monoisotopic (exact) mass is 319 g/mol. The summed E-state index contributed by atoms with van der Waals surface area (Å²) in [5.41, 5.74) is 0.442. The third kappa shape index (κ3) is 3.42. The first-order chi connectivity index (χ1) is 10.6. The Bertz CT molecular complexity index is 711. The lowest BCUT2D eigenvalue weighted by molar-refractivity contribution is -0.138. The van der Waals surface area contributed by atoms with Gasteiger partial charge in [-0.05, 0) is 18.4 Å². The number of carbonyl (C=O) groups is 1. The van der Waals surface area contributed by atoms with Gasteiger partial charge in [-0.25, -0.2) is 4.98 Å². The van der Waals surface area contributed by atoms with Gasteiger partial charge in [0, 0.05) is 23.2 Å². The molecule has 0 aromatic carbocycles. The molecule has 7 heteroatoms. The number of hydrogen-bond acceptors (Lipinski definition) is 5. The number of amides is 1. The average molecular weight is 319 g/mol. The largest absolute Gasteiger partial charge is 0.367 e. The smallest absolute Gasteiger partial charge is 0.251 e. The van der Waals surface area contributed by atoms with Crippen LogP contribution in [0.5, 0.6) is 0 Å². The lowest BCUT2D eigenvalue weighted by atomic mass is 10.2. The maximum atomic E-state index is 12.4. The van der Waals surface area contributed by atoms with Crippen LogP contribution in [0.15, 0.2) is 28.4 Å². The zero-order valence-electron chi connectivity index (χ0n) is 12.2. The fraction of sp³-hybridized carbons (Fsp3) is 0.400. The van der Waals surface area contributed by atoms with E-state index >= 15 is 0 Å². The van der Waals surface area contributed by atoms with Crippen LogP contribution in [-0.2, 0) is 16.0 Å². The topological polar surface area (TPSA) is 75.3 Å². The molecule has 3 heterocycles. The van der Waals surface area contributed by atoms with Crippen molar-refractivity contribution in [2.24, 2.45) is 0 Å².